The number of hydrogen-bond donors (Lipinski definition) is 1. The second-order valence-electron chi connectivity index (χ2n) is 4.88. The summed E-state index contributed by atoms with van der Waals surface area (Å²) in [6, 6.07) is 5.36. The monoisotopic (exact) mass is 271 g/mol. The first-order valence-electron chi connectivity index (χ1n) is 6.41. The molecule has 1 N–H and O–H groups in total. The van der Waals surface area contributed by atoms with Crippen molar-refractivity contribution in [2.75, 3.05) is 0 Å². The molecule has 1 aromatic carbocycles. The van der Waals surface area contributed by atoms with E-state index in [4.69, 9.17) is 0 Å². The summed E-state index contributed by atoms with van der Waals surface area (Å²) >= 11 is 0. The molecule has 0 atom stereocenters. The molecular weight excluding hydrogens is 255 g/mol. The first-order valence-corrected chi connectivity index (χ1v) is 6.41. The molecule has 0 radical (unpaired) electrons. The Bertz CT molecular complexity index is 450. The lowest BCUT2D eigenvalue weighted by molar-refractivity contribution is -0.138. The van der Waals surface area contributed by atoms with Crippen LogP contribution in [0, 0.1) is 0 Å². The van der Waals surface area contributed by atoms with Crippen LogP contribution in [0.3, 0.4) is 0 Å². The van der Waals surface area contributed by atoms with Crippen molar-refractivity contribution in [2.24, 2.45) is 0 Å². The molecule has 2 nitrogen and oxygen atoms in total. The van der Waals surface area contributed by atoms with Crippen LogP contribution in [0.15, 0.2) is 24.3 Å². The van der Waals surface area contributed by atoms with Crippen molar-refractivity contribution >= 4 is 5.91 Å². The molecule has 1 amide bonds. The summed E-state index contributed by atoms with van der Waals surface area (Å²) in [5.41, 5.74) is -0.693. The van der Waals surface area contributed by atoms with Crippen molar-refractivity contribution in [1.29, 1.82) is 0 Å². The van der Waals surface area contributed by atoms with Gasteiger partial charge in [0.25, 0.3) is 0 Å². The summed E-state index contributed by atoms with van der Waals surface area (Å²) < 4.78 is 38.3. The lowest BCUT2D eigenvalue weighted by atomic mass is 10.0. The van der Waals surface area contributed by atoms with E-state index < -0.39 is 11.7 Å². The van der Waals surface area contributed by atoms with E-state index in [9.17, 15) is 18.0 Å². The van der Waals surface area contributed by atoms with Gasteiger partial charge < -0.3 is 5.32 Å². The third kappa shape index (κ3) is 3.72. The fraction of sp³-hybridized carbons (Fsp3) is 0.500. The van der Waals surface area contributed by atoms with Crippen molar-refractivity contribution in [1.82, 2.24) is 5.32 Å². The first-order chi connectivity index (χ1) is 8.97. The van der Waals surface area contributed by atoms with Gasteiger partial charge in [-0.2, -0.15) is 13.2 Å². The van der Waals surface area contributed by atoms with Crippen LogP contribution in [-0.4, -0.2) is 11.9 Å². The predicted octanol–water partition coefficient (Wildman–Crippen LogP) is 3.31. The highest BCUT2D eigenvalue weighted by molar-refractivity contribution is 5.79. The van der Waals surface area contributed by atoms with Gasteiger partial charge in [0.15, 0.2) is 0 Å². The number of nitrogens with one attached hydrogen (secondary N) is 1. The van der Waals surface area contributed by atoms with Gasteiger partial charge in [-0.15, -0.1) is 0 Å². The minimum Gasteiger partial charge on any atom is -0.353 e. The quantitative estimate of drug-likeness (QED) is 0.897. The molecule has 0 aliphatic heterocycles. The summed E-state index contributed by atoms with van der Waals surface area (Å²) in [5, 5.41) is 2.80. The van der Waals surface area contributed by atoms with Crippen molar-refractivity contribution in [3.63, 3.8) is 0 Å². The van der Waals surface area contributed by atoms with E-state index in [0.29, 0.717) is 0 Å². The minimum atomic E-state index is -4.41. The van der Waals surface area contributed by atoms with Crippen LogP contribution in [0.1, 0.15) is 36.8 Å². The second-order valence-corrected chi connectivity index (χ2v) is 4.88. The minimum absolute atomic E-state index is 0.0329. The van der Waals surface area contributed by atoms with E-state index in [1.165, 1.54) is 18.2 Å². The van der Waals surface area contributed by atoms with Crippen LogP contribution in [0.5, 0.6) is 0 Å². The summed E-state index contributed by atoms with van der Waals surface area (Å²) in [7, 11) is 0. The molecule has 0 spiro atoms. The van der Waals surface area contributed by atoms with Gasteiger partial charge in [-0.25, -0.2) is 0 Å². The maximum atomic E-state index is 12.8. The molecule has 0 unspecified atom stereocenters. The Morgan fingerprint density at radius 1 is 1.21 bits per heavy atom. The molecule has 0 heterocycles. The van der Waals surface area contributed by atoms with Crippen LogP contribution in [-0.2, 0) is 17.4 Å². The lowest BCUT2D eigenvalue weighted by Gasteiger charge is -2.15. The fourth-order valence-corrected chi connectivity index (χ4v) is 2.47. The average molecular weight is 271 g/mol. The number of hydrogen-bond acceptors (Lipinski definition) is 1. The number of alkyl halides is 3. The Morgan fingerprint density at radius 2 is 1.84 bits per heavy atom. The predicted molar refractivity (Wildman–Crippen MR) is 65.5 cm³/mol. The van der Waals surface area contributed by atoms with Gasteiger partial charge in [-0.1, -0.05) is 31.0 Å². The summed E-state index contributed by atoms with van der Waals surface area (Å²) in [5.74, 6) is -0.330. The van der Waals surface area contributed by atoms with Crippen LogP contribution in [0.25, 0.3) is 0 Å². The van der Waals surface area contributed by atoms with Crippen molar-refractivity contribution < 1.29 is 18.0 Å². The van der Waals surface area contributed by atoms with Crippen LogP contribution < -0.4 is 5.32 Å². The van der Waals surface area contributed by atoms with Crippen molar-refractivity contribution in [3.8, 4) is 0 Å². The Hall–Kier alpha value is -1.52. The summed E-state index contributed by atoms with van der Waals surface area (Å²) in [6.07, 6.45) is -0.635. The van der Waals surface area contributed by atoms with Crippen molar-refractivity contribution in [2.45, 2.75) is 44.3 Å². The maximum Gasteiger partial charge on any atom is 0.416 e. The second kappa shape index (κ2) is 5.63. The van der Waals surface area contributed by atoms with Gasteiger partial charge in [0.1, 0.15) is 0 Å². The molecule has 0 bridgehead atoms. The first kappa shape index (κ1) is 13.9. The molecule has 1 aliphatic carbocycles. The zero-order chi connectivity index (χ0) is 13.9. The van der Waals surface area contributed by atoms with E-state index in [2.05, 4.69) is 5.32 Å². The number of carbonyl (C=O) groups is 1. The highest BCUT2D eigenvalue weighted by Crippen LogP contribution is 2.32. The summed E-state index contributed by atoms with van der Waals surface area (Å²) in [6.45, 7) is 0. The SMILES string of the molecule is O=C(Cc1ccccc1C(F)(F)F)NC1CCCC1. The molecule has 0 saturated heterocycles. The molecule has 19 heavy (non-hydrogen) atoms. The lowest BCUT2D eigenvalue weighted by Crippen LogP contribution is -2.34. The molecule has 104 valence electrons. The fourth-order valence-electron chi connectivity index (χ4n) is 2.47. The Balaban J connectivity index is 2.04. The van der Waals surface area contributed by atoms with Crippen molar-refractivity contribution in [3.05, 3.63) is 35.4 Å². The van der Waals surface area contributed by atoms with E-state index in [0.717, 1.165) is 31.7 Å². The number of halogens is 3. The van der Waals surface area contributed by atoms with Crippen LogP contribution in [0.2, 0.25) is 0 Å². The Labute approximate surface area is 110 Å². The largest absolute Gasteiger partial charge is 0.416 e. The Morgan fingerprint density at radius 3 is 2.47 bits per heavy atom. The topological polar surface area (TPSA) is 29.1 Å². The van der Waals surface area contributed by atoms with Gasteiger partial charge in [0, 0.05) is 6.04 Å². The van der Waals surface area contributed by atoms with Gasteiger partial charge in [0.05, 0.1) is 12.0 Å². The smallest absolute Gasteiger partial charge is 0.353 e. The number of benzene rings is 1. The molecule has 1 aromatic rings. The molecule has 1 fully saturated rings. The molecule has 5 heteroatoms. The molecule has 0 aromatic heterocycles. The molecule has 1 saturated carbocycles. The standard InChI is InChI=1S/C14H16F3NO/c15-14(16,17)12-8-4-1-5-10(12)9-13(19)18-11-6-2-3-7-11/h1,4-5,8,11H,2-3,6-7,9H2,(H,18,19). The number of carbonyl (C=O) groups excluding carboxylic acids is 1. The number of rotatable bonds is 3. The van der Waals surface area contributed by atoms with Gasteiger partial charge in [-0.3, -0.25) is 4.79 Å². The molecular formula is C14H16F3NO. The van der Waals surface area contributed by atoms with Gasteiger partial charge >= 0.3 is 6.18 Å². The third-order valence-electron chi connectivity index (χ3n) is 3.39. The molecule has 2 rings (SSSR count). The molecule has 1 aliphatic rings. The number of amides is 1. The van der Waals surface area contributed by atoms with E-state index in [-0.39, 0.29) is 23.9 Å². The third-order valence-corrected chi connectivity index (χ3v) is 3.39. The van der Waals surface area contributed by atoms with Gasteiger partial charge in [0.2, 0.25) is 5.91 Å². The van der Waals surface area contributed by atoms with E-state index in [1.54, 1.807) is 0 Å². The van der Waals surface area contributed by atoms with Gasteiger partial charge in [-0.05, 0) is 24.5 Å². The van der Waals surface area contributed by atoms with Crippen LogP contribution >= 0.6 is 0 Å². The normalized spacial score (nSPS) is 16.6. The summed E-state index contributed by atoms with van der Waals surface area (Å²) in [4.78, 5) is 11.8. The maximum absolute atomic E-state index is 12.8. The van der Waals surface area contributed by atoms with Crippen LogP contribution in [0.4, 0.5) is 13.2 Å². The highest BCUT2D eigenvalue weighted by Gasteiger charge is 2.33. The highest BCUT2D eigenvalue weighted by atomic mass is 19.4. The zero-order valence-electron chi connectivity index (χ0n) is 10.5. The Kier molecular flexibility index (Phi) is 4.12. The zero-order valence-corrected chi connectivity index (χ0v) is 10.5. The van der Waals surface area contributed by atoms with E-state index >= 15 is 0 Å². The van der Waals surface area contributed by atoms with E-state index in [1.807, 2.05) is 0 Å². The average Bonchev–Trinajstić information content (AvgIpc) is 2.81.